The van der Waals surface area contributed by atoms with Crippen molar-refractivity contribution in [1.29, 1.82) is 0 Å². The van der Waals surface area contributed by atoms with Crippen molar-refractivity contribution in [2.45, 2.75) is 45.4 Å². The van der Waals surface area contributed by atoms with E-state index in [4.69, 9.17) is 23.2 Å². The minimum absolute atomic E-state index is 0.186. The van der Waals surface area contributed by atoms with E-state index in [9.17, 15) is 9.59 Å². The maximum atomic E-state index is 13.1. The Labute approximate surface area is 164 Å². The minimum Gasteiger partial charge on any atom is -0.366 e. The summed E-state index contributed by atoms with van der Waals surface area (Å²) in [6.45, 7) is 4.20. The zero-order chi connectivity index (χ0) is 18.7. The van der Waals surface area contributed by atoms with Gasteiger partial charge in [-0.15, -0.1) is 0 Å². The number of carbonyl (C=O) groups is 2. The maximum Gasteiger partial charge on any atom is 0.277 e. The molecule has 1 aromatic rings. The lowest BCUT2D eigenvalue weighted by Gasteiger charge is -2.20. The van der Waals surface area contributed by atoms with Gasteiger partial charge >= 0.3 is 0 Å². The number of halogens is 2. The lowest BCUT2D eigenvalue weighted by molar-refractivity contribution is -0.137. The molecule has 6 heteroatoms. The summed E-state index contributed by atoms with van der Waals surface area (Å²) in [5.74, 6) is -0.424. The summed E-state index contributed by atoms with van der Waals surface area (Å²) in [6.07, 6.45) is 6.14. The van der Waals surface area contributed by atoms with Gasteiger partial charge in [-0.3, -0.25) is 14.5 Å². The van der Waals surface area contributed by atoms with Gasteiger partial charge in [-0.05, 0) is 31.4 Å². The van der Waals surface area contributed by atoms with E-state index in [2.05, 4.69) is 6.92 Å². The van der Waals surface area contributed by atoms with Crippen molar-refractivity contribution in [3.8, 4) is 0 Å². The number of carbonyl (C=O) groups excluding carboxylic acids is 2. The van der Waals surface area contributed by atoms with Crippen molar-refractivity contribution in [1.82, 2.24) is 9.80 Å². The molecule has 1 fully saturated rings. The van der Waals surface area contributed by atoms with Crippen molar-refractivity contribution in [3.05, 3.63) is 39.5 Å². The van der Waals surface area contributed by atoms with Gasteiger partial charge in [0.25, 0.3) is 11.8 Å². The zero-order valence-corrected chi connectivity index (χ0v) is 16.6. The molecular formula is C20H24Cl2N2O2. The molecule has 4 nitrogen and oxygen atoms in total. The Bertz CT molecular complexity index is 739. The molecule has 1 aromatic carbocycles. The number of nitrogens with zero attached hydrogens (tertiary/aromatic N) is 2. The molecule has 0 aliphatic carbocycles. The van der Waals surface area contributed by atoms with E-state index in [0.29, 0.717) is 33.4 Å². The van der Waals surface area contributed by atoms with Crippen molar-refractivity contribution in [2.75, 3.05) is 19.6 Å². The topological polar surface area (TPSA) is 40.6 Å². The SMILES string of the molecule is CCCCCCN1C(=O)C(c2ccc(Cl)cc2Cl)=C(N2CCCC2)C1=O. The fraction of sp³-hybridized carbons (Fsp3) is 0.500. The van der Waals surface area contributed by atoms with Gasteiger partial charge in [0.2, 0.25) is 0 Å². The standard InChI is InChI=1S/C20H24Cl2N2O2/c1-2-3-4-5-12-24-19(25)17(15-9-8-14(21)13-16(15)22)18(20(24)26)23-10-6-7-11-23/h8-9,13H,2-7,10-12H2,1H3. The van der Waals surface area contributed by atoms with Gasteiger partial charge in [-0.1, -0.05) is 55.5 Å². The molecule has 0 spiro atoms. The van der Waals surface area contributed by atoms with Crippen LogP contribution in [-0.4, -0.2) is 41.2 Å². The maximum absolute atomic E-state index is 13.1. The van der Waals surface area contributed by atoms with Gasteiger partial charge in [-0.2, -0.15) is 0 Å². The fourth-order valence-electron chi connectivity index (χ4n) is 3.63. The van der Waals surface area contributed by atoms with Gasteiger partial charge in [0.05, 0.1) is 10.6 Å². The van der Waals surface area contributed by atoms with Crippen LogP contribution in [0.25, 0.3) is 5.57 Å². The lowest BCUT2D eigenvalue weighted by atomic mass is 10.0. The van der Waals surface area contributed by atoms with Gasteiger partial charge in [0, 0.05) is 30.2 Å². The Kier molecular flexibility index (Phi) is 6.25. The van der Waals surface area contributed by atoms with Crippen LogP contribution < -0.4 is 0 Å². The number of benzene rings is 1. The summed E-state index contributed by atoms with van der Waals surface area (Å²) in [6, 6.07) is 5.07. The van der Waals surface area contributed by atoms with Gasteiger partial charge in [0.1, 0.15) is 5.70 Å². The highest BCUT2D eigenvalue weighted by Crippen LogP contribution is 2.37. The van der Waals surface area contributed by atoms with E-state index in [0.717, 1.165) is 51.6 Å². The molecule has 0 saturated carbocycles. The summed E-state index contributed by atoms with van der Waals surface area (Å²) < 4.78 is 0. The second-order valence-corrected chi connectivity index (χ2v) is 7.71. The second kappa shape index (κ2) is 8.45. The molecule has 2 heterocycles. The molecule has 3 rings (SSSR count). The molecule has 0 N–H and O–H groups in total. The Morgan fingerprint density at radius 2 is 1.73 bits per heavy atom. The molecule has 0 atom stereocenters. The van der Waals surface area contributed by atoms with Gasteiger partial charge < -0.3 is 4.90 Å². The van der Waals surface area contributed by atoms with Crippen LogP contribution in [0, 0.1) is 0 Å². The molecule has 2 amide bonds. The van der Waals surface area contributed by atoms with Crippen molar-refractivity contribution in [3.63, 3.8) is 0 Å². The molecule has 0 bridgehead atoms. The van der Waals surface area contributed by atoms with Gasteiger partial charge in [0.15, 0.2) is 0 Å². The number of amides is 2. The monoisotopic (exact) mass is 394 g/mol. The Morgan fingerprint density at radius 3 is 2.38 bits per heavy atom. The third kappa shape index (κ3) is 3.77. The van der Waals surface area contributed by atoms with Crippen LogP contribution in [-0.2, 0) is 9.59 Å². The Hall–Kier alpha value is -1.52. The molecule has 0 radical (unpaired) electrons. The highest BCUT2D eigenvalue weighted by Gasteiger charge is 2.42. The molecule has 0 aromatic heterocycles. The predicted molar refractivity (Wildman–Crippen MR) is 105 cm³/mol. The highest BCUT2D eigenvalue weighted by molar-refractivity contribution is 6.41. The molecule has 2 aliphatic heterocycles. The van der Waals surface area contributed by atoms with Crippen LogP contribution in [0.5, 0.6) is 0 Å². The lowest BCUT2D eigenvalue weighted by Crippen LogP contribution is -2.35. The van der Waals surface area contributed by atoms with Crippen LogP contribution in [0.2, 0.25) is 10.0 Å². The fourth-order valence-corrected chi connectivity index (χ4v) is 4.14. The number of likely N-dealkylation sites (tertiary alicyclic amines) is 1. The number of hydrogen-bond donors (Lipinski definition) is 0. The summed E-state index contributed by atoms with van der Waals surface area (Å²) in [5, 5.41) is 0.911. The minimum atomic E-state index is -0.238. The molecule has 26 heavy (non-hydrogen) atoms. The molecule has 0 unspecified atom stereocenters. The van der Waals surface area contributed by atoms with Crippen LogP contribution in [0.4, 0.5) is 0 Å². The Morgan fingerprint density at radius 1 is 1.00 bits per heavy atom. The van der Waals surface area contributed by atoms with E-state index in [-0.39, 0.29) is 11.8 Å². The summed E-state index contributed by atoms with van der Waals surface area (Å²) in [7, 11) is 0. The normalized spacial score (nSPS) is 17.8. The largest absolute Gasteiger partial charge is 0.366 e. The summed E-state index contributed by atoms with van der Waals surface area (Å²) in [4.78, 5) is 29.6. The van der Waals surface area contributed by atoms with Crippen molar-refractivity contribution >= 4 is 40.6 Å². The number of unbranched alkanes of at least 4 members (excludes halogenated alkanes) is 3. The van der Waals surface area contributed by atoms with Crippen LogP contribution in [0.1, 0.15) is 51.0 Å². The Balaban J connectivity index is 1.95. The molecule has 140 valence electrons. The second-order valence-electron chi connectivity index (χ2n) is 6.86. The molecule has 1 saturated heterocycles. The van der Waals surface area contributed by atoms with E-state index in [1.54, 1.807) is 18.2 Å². The number of hydrogen-bond acceptors (Lipinski definition) is 3. The third-order valence-electron chi connectivity index (χ3n) is 5.00. The third-order valence-corrected chi connectivity index (χ3v) is 5.55. The average molecular weight is 395 g/mol. The summed E-state index contributed by atoms with van der Waals surface area (Å²) >= 11 is 12.4. The first-order valence-electron chi connectivity index (χ1n) is 9.35. The number of rotatable bonds is 7. The quantitative estimate of drug-likeness (QED) is 0.494. The summed E-state index contributed by atoms with van der Waals surface area (Å²) in [5.41, 5.74) is 1.52. The zero-order valence-electron chi connectivity index (χ0n) is 15.1. The van der Waals surface area contributed by atoms with Crippen molar-refractivity contribution in [2.24, 2.45) is 0 Å². The first kappa shape index (κ1) is 19.2. The average Bonchev–Trinajstić information content (AvgIpc) is 3.20. The van der Waals surface area contributed by atoms with Crippen molar-refractivity contribution < 1.29 is 9.59 Å². The van der Waals surface area contributed by atoms with Crippen LogP contribution in [0.15, 0.2) is 23.9 Å². The van der Waals surface area contributed by atoms with E-state index in [1.165, 1.54) is 4.90 Å². The van der Waals surface area contributed by atoms with E-state index >= 15 is 0 Å². The van der Waals surface area contributed by atoms with Crippen LogP contribution in [0.3, 0.4) is 0 Å². The molecular weight excluding hydrogens is 371 g/mol. The van der Waals surface area contributed by atoms with Crippen LogP contribution >= 0.6 is 23.2 Å². The first-order valence-corrected chi connectivity index (χ1v) is 10.1. The predicted octanol–water partition coefficient (Wildman–Crippen LogP) is 4.75. The smallest absolute Gasteiger partial charge is 0.277 e. The van der Waals surface area contributed by atoms with E-state index in [1.807, 2.05) is 4.90 Å². The first-order chi connectivity index (χ1) is 12.5. The van der Waals surface area contributed by atoms with Gasteiger partial charge in [-0.25, -0.2) is 0 Å². The van der Waals surface area contributed by atoms with E-state index < -0.39 is 0 Å². The number of imide groups is 1. The molecule has 2 aliphatic rings. The highest BCUT2D eigenvalue weighted by atomic mass is 35.5.